The number of amidine groups is 1. The molecule has 202 valence electrons. The topological polar surface area (TPSA) is 135 Å². The van der Waals surface area contributed by atoms with Gasteiger partial charge in [-0.1, -0.05) is 24.3 Å². The molecule has 1 aliphatic rings. The van der Waals surface area contributed by atoms with E-state index in [2.05, 4.69) is 32.2 Å². The number of ether oxygens (including phenoxy) is 1. The van der Waals surface area contributed by atoms with Crippen molar-refractivity contribution >= 4 is 33.5 Å². The van der Waals surface area contributed by atoms with E-state index in [9.17, 15) is 4.79 Å². The molecule has 10 heteroatoms. The van der Waals surface area contributed by atoms with Gasteiger partial charge in [-0.3, -0.25) is 10.2 Å². The Morgan fingerprint density at radius 1 is 1.05 bits per heavy atom. The molecule has 10 nitrogen and oxygen atoms in total. The molecule has 6 rings (SSSR count). The molecule has 0 bridgehead atoms. The average molecular weight is 535 g/mol. The summed E-state index contributed by atoms with van der Waals surface area (Å²) in [7, 11) is 2.10. The highest BCUT2D eigenvalue weighted by Crippen LogP contribution is 2.30. The molecule has 4 heterocycles. The van der Waals surface area contributed by atoms with Crippen LogP contribution in [0.25, 0.3) is 21.8 Å². The first-order valence-corrected chi connectivity index (χ1v) is 13.3. The molecular formula is C30H30N8O2. The molecule has 5 aromatic rings. The van der Waals surface area contributed by atoms with Crippen molar-refractivity contribution in [1.82, 2.24) is 29.7 Å². The van der Waals surface area contributed by atoms with E-state index in [1.165, 1.54) is 0 Å². The Hall–Kier alpha value is -4.83. The van der Waals surface area contributed by atoms with E-state index in [1.54, 1.807) is 24.5 Å². The Morgan fingerprint density at radius 2 is 1.82 bits per heavy atom. The second-order valence-corrected chi connectivity index (χ2v) is 10.1. The van der Waals surface area contributed by atoms with Crippen LogP contribution >= 0.6 is 0 Å². The summed E-state index contributed by atoms with van der Waals surface area (Å²) in [5.41, 5.74) is 8.16. The van der Waals surface area contributed by atoms with Crippen LogP contribution in [0, 0.1) is 5.41 Å². The van der Waals surface area contributed by atoms with E-state index in [1.807, 2.05) is 53.1 Å². The summed E-state index contributed by atoms with van der Waals surface area (Å²) in [6.07, 6.45) is 5.06. The molecule has 0 spiro atoms. The molecule has 0 atom stereocenters. The number of aromatic nitrogens is 4. The van der Waals surface area contributed by atoms with Gasteiger partial charge in [0, 0.05) is 23.8 Å². The molecule has 4 N–H and O–H groups in total. The third kappa shape index (κ3) is 5.21. The Balaban J connectivity index is 1.43. The van der Waals surface area contributed by atoms with Crippen molar-refractivity contribution in [2.75, 3.05) is 20.1 Å². The predicted molar refractivity (Wildman–Crippen MR) is 154 cm³/mol. The number of benzene rings is 2. The van der Waals surface area contributed by atoms with Crippen LogP contribution in [0.15, 0.2) is 73.1 Å². The number of rotatable bonds is 7. The second-order valence-electron chi connectivity index (χ2n) is 10.1. The van der Waals surface area contributed by atoms with E-state index >= 15 is 0 Å². The number of nitrogen functional groups attached to an aromatic ring is 1. The van der Waals surface area contributed by atoms with Crippen LogP contribution in [-0.2, 0) is 6.54 Å². The van der Waals surface area contributed by atoms with Crippen molar-refractivity contribution in [2.45, 2.75) is 25.4 Å². The number of hydrogen-bond acceptors (Lipinski definition) is 7. The minimum Gasteiger partial charge on any atom is -0.424 e. The number of nitrogens with one attached hydrogen (secondary N) is 2. The van der Waals surface area contributed by atoms with Gasteiger partial charge in [-0.2, -0.15) is 0 Å². The molecule has 1 fully saturated rings. The van der Waals surface area contributed by atoms with Gasteiger partial charge in [-0.15, -0.1) is 0 Å². The van der Waals surface area contributed by atoms with Crippen LogP contribution in [-0.4, -0.2) is 62.3 Å². The molecule has 0 unspecified atom stereocenters. The third-order valence-corrected chi connectivity index (χ3v) is 7.31. The minimum absolute atomic E-state index is 0.110. The Labute approximate surface area is 231 Å². The summed E-state index contributed by atoms with van der Waals surface area (Å²) < 4.78 is 7.90. The van der Waals surface area contributed by atoms with Crippen molar-refractivity contribution in [3.63, 3.8) is 0 Å². The van der Waals surface area contributed by atoms with Gasteiger partial charge in [-0.25, -0.2) is 15.0 Å². The molecule has 2 aromatic carbocycles. The molecule has 1 aliphatic heterocycles. The van der Waals surface area contributed by atoms with Gasteiger partial charge in [0.15, 0.2) is 0 Å². The lowest BCUT2D eigenvalue weighted by molar-refractivity contribution is 0.0908. The zero-order valence-electron chi connectivity index (χ0n) is 22.2. The number of carbonyl (C=O) groups is 1. The maximum absolute atomic E-state index is 13.7. The number of piperidine rings is 1. The van der Waals surface area contributed by atoms with Crippen LogP contribution in [0.2, 0.25) is 0 Å². The second kappa shape index (κ2) is 10.7. The molecule has 0 aliphatic carbocycles. The number of fused-ring (bicyclic) bond motifs is 2. The molecule has 3 aromatic heterocycles. The summed E-state index contributed by atoms with van der Waals surface area (Å²) in [6.45, 7) is 2.24. The maximum Gasteiger partial charge on any atom is 0.321 e. The smallest absolute Gasteiger partial charge is 0.321 e. The first kappa shape index (κ1) is 25.4. The third-order valence-electron chi connectivity index (χ3n) is 7.31. The van der Waals surface area contributed by atoms with E-state index < -0.39 is 0 Å². The van der Waals surface area contributed by atoms with Crippen molar-refractivity contribution < 1.29 is 9.53 Å². The largest absolute Gasteiger partial charge is 0.424 e. The fourth-order valence-corrected chi connectivity index (χ4v) is 5.20. The molecule has 1 amide bonds. The highest BCUT2D eigenvalue weighted by Gasteiger charge is 2.23. The highest BCUT2D eigenvalue weighted by molar-refractivity contribution is 6.00. The van der Waals surface area contributed by atoms with Crippen molar-refractivity contribution in [2.24, 2.45) is 5.73 Å². The van der Waals surface area contributed by atoms with Gasteiger partial charge in [-0.05, 0) is 85.7 Å². The normalized spacial score (nSPS) is 14.4. The lowest BCUT2D eigenvalue weighted by atomic mass is 10.0. The zero-order valence-corrected chi connectivity index (χ0v) is 22.2. The summed E-state index contributed by atoms with van der Waals surface area (Å²) in [5.74, 6) is 0.313. The standard InChI is InChI=1S/C30H30N8O2/c1-37-13-9-22(10-14-37)35-29(39)26-17-20-7-8-25(27(31)32)36-28(20)38(26)18-21-16-23(40-30-33-11-4-12-34-30)15-19-5-2-3-6-24(19)21/h2-8,11-12,15-17,22H,9-10,13-14,18H2,1H3,(H3,31,32)(H,35,39). The van der Waals surface area contributed by atoms with Gasteiger partial charge in [0.1, 0.15) is 28.6 Å². The summed E-state index contributed by atoms with van der Waals surface area (Å²) >= 11 is 0. The number of hydrogen-bond donors (Lipinski definition) is 3. The van der Waals surface area contributed by atoms with E-state index in [0.29, 0.717) is 29.3 Å². The quantitative estimate of drug-likeness (QED) is 0.213. The number of nitrogens with two attached hydrogens (primary N) is 1. The van der Waals surface area contributed by atoms with E-state index in [0.717, 1.165) is 47.7 Å². The van der Waals surface area contributed by atoms with Crippen molar-refractivity contribution in [1.29, 1.82) is 5.41 Å². The zero-order chi connectivity index (χ0) is 27.6. The number of likely N-dealkylation sites (tertiary alicyclic amines) is 1. The van der Waals surface area contributed by atoms with Crippen LogP contribution in [0.4, 0.5) is 0 Å². The summed E-state index contributed by atoms with van der Waals surface area (Å²) in [5, 5.41) is 14.0. The van der Waals surface area contributed by atoms with Crippen molar-refractivity contribution in [3.8, 4) is 11.8 Å². The fourth-order valence-electron chi connectivity index (χ4n) is 5.20. The minimum atomic E-state index is -0.147. The molecule has 1 saturated heterocycles. The summed E-state index contributed by atoms with van der Waals surface area (Å²) in [4.78, 5) is 29.0. The first-order chi connectivity index (χ1) is 19.4. The highest BCUT2D eigenvalue weighted by atomic mass is 16.5. The number of nitrogens with zero attached hydrogens (tertiary/aromatic N) is 5. The van der Waals surface area contributed by atoms with Gasteiger partial charge in [0.05, 0.1) is 6.54 Å². The lowest BCUT2D eigenvalue weighted by Gasteiger charge is -2.29. The fraction of sp³-hybridized carbons (Fsp3) is 0.233. The number of pyridine rings is 1. The summed E-state index contributed by atoms with van der Waals surface area (Å²) in [6, 6.07) is 19.4. The van der Waals surface area contributed by atoms with Gasteiger partial charge < -0.3 is 25.3 Å². The predicted octanol–water partition coefficient (Wildman–Crippen LogP) is 3.93. The average Bonchev–Trinajstić information content (AvgIpc) is 3.32. The van der Waals surface area contributed by atoms with Gasteiger partial charge in [0.2, 0.25) is 0 Å². The maximum atomic E-state index is 13.7. The molecule has 0 saturated carbocycles. The SMILES string of the molecule is CN1CCC(NC(=O)c2cc3ccc(C(=N)N)nc3n2Cc2cc(Oc3ncccn3)cc3ccccc23)CC1. The van der Waals surface area contributed by atoms with Gasteiger partial charge in [0.25, 0.3) is 5.91 Å². The molecule has 0 radical (unpaired) electrons. The van der Waals surface area contributed by atoms with Crippen molar-refractivity contribution in [3.05, 3.63) is 90.0 Å². The Bertz CT molecular complexity index is 1710. The van der Waals surface area contributed by atoms with Crippen LogP contribution in [0.1, 0.15) is 34.6 Å². The molecular weight excluding hydrogens is 504 g/mol. The van der Waals surface area contributed by atoms with E-state index in [4.69, 9.17) is 15.9 Å². The van der Waals surface area contributed by atoms with Gasteiger partial charge >= 0.3 is 6.01 Å². The van der Waals surface area contributed by atoms with E-state index in [-0.39, 0.29) is 23.8 Å². The van der Waals surface area contributed by atoms with Crippen LogP contribution in [0.3, 0.4) is 0 Å². The number of carbonyl (C=O) groups excluding carboxylic acids is 1. The first-order valence-electron chi connectivity index (χ1n) is 13.3. The Morgan fingerprint density at radius 3 is 2.60 bits per heavy atom. The number of amides is 1. The lowest BCUT2D eigenvalue weighted by Crippen LogP contribution is -2.43. The van der Waals surface area contributed by atoms with Crippen LogP contribution < -0.4 is 15.8 Å². The monoisotopic (exact) mass is 534 g/mol. The Kier molecular flexibility index (Phi) is 6.83. The van der Waals surface area contributed by atoms with Crippen LogP contribution in [0.5, 0.6) is 11.8 Å². The molecule has 40 heavy (non-hydrogen) atoms.